The molecule has 5 heteroatoms. The van der Waals surface area contributed by atoms with Gasteiger partial charge in [0, 0.05) is 41.8 Å². The van der Waals surface area contributed by atoms with Crippen LogP contribution < -0.4 is 0 Å². The third-order valence-electron chi connectivity index (χ3n) is 7.64. The number of nitrogens with one attached hydrogen (secondary N) is 1. The van der Waals surface area contributed by atoms with Crippen LogP contribution in [0, 0.1) is 6.92 Å². The molecule has 2 aromatic carbocycles. The number of nitrogens with zero attached hydrogens (tertiary/aromatic N) is 2. The van der Waals surface area contributed by atoms with Crippen molar-refractivity contribution in [3.05, 3.63) is 71.4 Å². The molecule has 3 aromatic rings. The zero-order chi connectivity index (χ0) is 22.8. The first kappa shape index (κ1) is 22.3. The number of hydrogen-bond acceptors (Lipinski definition) is 4. The summed E-state index contributed by atoms with van der Waals surface area (Å²) in [4.78, 5) is 21.7. The number of aromatic amines is 1. The number of aromatic nitrogens is 1. The molecule has 2 aliphatic rings. The Labute approximate surface area is 196 Å². The van der Waals surface area contributed by atoms with Gasteiger partial charge in [-0.2, -0.15) is 0 Å². The van der Waals surface area contributed by atoms with E-state index >= 15 is 0 Å². The van der Waals surface area contributed by atoms with Crippen molar-refractivity contribution in [1.29, 1.82) is 0 Å². The number of aliphatic hydroxyl groups is 1. The van der Waals surface area contributed by atoms with Crippen LogP contribution in [0.25, 0.3) is 10.9 Å². The Morgan fingerprint density at radius 2 is 1.67 bits per heavy atom. The van der Waals surface area contributed by atoms with Gasteiger partial charge in [-0.1, -0.05) is 54.4 Å². The number of ketones is 1. The molecule has 0 spiro atoms. The van der Waals surface area contributed by atoms with Crippen molar-refractivity contribution in [2.75, 3.05) is 26.2 Å². The largest absolute Gasteiger partial charge is 0.383 e. The number of fused-ring (bicyclic) bond motifs is 1. The number of Topliss-reactive ketones (excluding diaryl/α,β-unsaturated/α-hetero) is 1. The van der Waals surface area contributed by atoms with Crippen molar-refractivity contribution in [3.63, 3.8) is 0 Å². The van der Waals surface area contributed by atoms with E-state index in [0.717, 1.165) is 42.4 Å². The summed E-state index contributed by atoms with van der Waals surface area (Å²) in [6, 6.07) is 16.4. The first-order valence-corrected chi connectivity index (χ1v) is 12.4. The van der Waals surface area contributed by atoms with Gasteiger partial charge in [-0.3, -0.25) is 9.69 Å². The maximum absolute atomic E-state index is 13.6. The van der Waals surface area contributed by atoms with Gasteiger partial charge in [0.2, 0.25) is 0 Å². The van der Waals surface area contributed by atoms with Gasteiger partial charge < -0.3 is 15.0 Å². The van der Waals surface area contributed by atoms with Crippen molar-refractivity contribution < 1.29 is 9.90 Å². The Morgan fingerprint density at radius 1 is 0.970 bits per heavy atom. The Bertz CT molecular complexity index is 1080. The van der Waals surface area contributed by atoms with Crippen LogP contribution in [0.3, 0.4) is 0 Å². The molecule has 2 atom stereocenters. The van der Waals surface area contributed by atoms with E-state index in [1.165, 1.54) is 37.9 Å². The highest BCUT2D eigenvalue weighted by atomic mass is 16.3. The fourth-order valence-electron chi connectivity index (χ4n) is 5.75. The summed E-state index contributed by atoms with van der Waals surface area (Å²) in [5.41, 5.74) is 3.68. The molecule has 5 nitrogen and oxygen atoms in total. The van der Waals surface area contributed by atoms with Crippen LogP contribution in [0.5, 0.6) is 0 Å². The highest BCUT2D eigenvalue weighted by molar-refractivity contribution is 6.10. The number of H-pyrrole nitrogens is 1. The van der Waals surface area contributed by atoms with E-state index in [9.17, 15) is 9.90 Å². The van der Waals surface area contributed by atoms with Gasteiger partial charge in [0.05, 0.1) is 6.04 Å². The standard InChI is InChI=1S/C28H35N3O2/c1-20-9-11-21(12-10-20)26(31-17-13-22(14-18-31)30-15-5-2-6-16-30)28(33)27(32)24-19-29-25-8-4-3-7-23(24)25/h3-4,7-12,19,22,26,28-29,33H,2,5-6,13-18H2,1H3/t26-,28-/m0/s1. The summed E-state index contributed by atoms with van der Waals surface area (Å²) >= 11 is 0. The number of para-hydroxylation sites is 1. The maximum atomic E-state index is 13.6. The molecule has 2 saturated heterocycles. The lowest BCUT2D eigenvalue weighted by molar-refractivity contribution is 0.0161. The van der Waals surface area contributed by atoms with Crippen molar-refractivity contribution in [3.8, 4) is 0 Å². The van der Waals surface area contributed by atoms with Gasteiger partial charge >= 0.3 is 0 Å². The first-order chi connectivity index (χ1) is 16.1. The zero-order valence-corrected chi connectivity index (χ0v) is 19.5. The zero-order valence-electron chi connectivity index (χ0n) is 19.5. The molecule has 0 saturated carbocycles. The summed E-state index contributed by atoms with van der Waals surface area (Å²) in [5, 5.41) is 12.4. The summed E-state index contributed by atoms with van der Waals surface area (Å²) in [6.07, 6.45) is 6.79. The second kappa shape index (κ2) is 9.80. The molecule has 2 aliphatic heterocycles. The summed E-state index contributed by atoms with van der Waals surface area (Å²) in [7, 11) is 0. The summed E-state index contributed by atoms with van der Waals surface area (Å²) in [6.45, 7) is 6.30. The lowest BCUT2D eigenvalue weighted by Crippen LogP contribution is -2.50. The molecule has 5 rings (SSSR count). The van der Waals surface area contributed by atoms with E-state index in [4.69, 9.17) is 0 Å². The summed E-state index contributed by atoms with van der Waals surface area (Å²) < 4.78 is 0. The molecule has 0 amide bonds. The molecule has 2 fully saturated rings. The minimum Gasteiger partial charge on any atom is -0.383 e. The van der Waals surface area contributed by atoms with Crippen LogP contribution >= 0.6 is 0 Å². The van der Waals surface area contributed by atoms with Crippen molar-refractivity contribution in [1.82, 2.24) is 14.8 Å². The van der Waals surface area contributed by atoms with Gasteiger partial charge in [0.15, 0.2) is 5.78 Å². The molecule has 0 aliphatic carbocycles. The summed E-state index contributed by atoms with van der Waals surface area (Å²) in [5.74, 6) is -0.212. The number of likely N-dealkylation sites (tertiary alicyclic amines) is 2. The number of carbonyl (C=O) groups excluding carboxylic acids is 1. The number of aliphatic hydroxyl groups excluding tert-OH is 1. The average Bonchev–Trinajstić information content (AvgIpc) is 3.30. The van der Waals surface area contributed by atoms with E-state index in [2.05, 4.69) is 46.0 Å². The van der Waals surface area contributed by atoms with E-state index in [-0.39, 0.29) is 11.8 Å². The maximum Gasteiger partial charge on any atom is 0.195 e. The van der Waals surface area contributed by atoms with Crippen LogP contribution in [0.1, 0.15) is 59.6 Å². The smallest absolute Gasteiger partial charge is 0.195 e. The molecular weight excluding hydrogens is 410 g/mol. The minimum absolute atomic E-state index is 0.212. The number of rotatable bonds is 6. The molecule has 0 unspecified atom stereocenters. The van der Waals surface area contributed by atoms with E-state index < -0.39 is 6.10 Å². The molecule has 3 heterocycles. The normalized spacial score (nSPS) is 20.7. The molecule has 33 heavy (non-hydrogen) atoms. The first-order valence-electron chi connectivity index (χ1n) is 12.4. The Balaban J connectivity index is 1.39. The fraction of sp³-hybridized carbons (Fsp3) is 0.464. The highest BCUT2D eigenvalue weighted by Gasteiger charge is 2.36. The number of carbonyl (C=O) groups is 1. The molecule has 0 radical (unpaired) electrons. The quantitative estimate of drug-likeness (QED) is 0.540. The second-order valence-corrected chi connectivity index (χ2v) is 9.78. The van der Waals surface area contributed by atoms with E-state index in [0.29, 0.717) is 11.6 Å². The lowest BCUT2D eigenvalue weighted by atomic mass is 9.90. The van der Waals surface area contributed by atoms with Crippen LogP contribution in [-0.4, -0.2) is 64.0 Å². The van der Waals surface area contributed by atoms with Crippen LogP contribution in [0.15, 0.2) is 54.7 Å². The van der Waals surface area contributed by atoms with Gasteiger partial charge in [-0.05, 0) is 57.3 Å². The number of aryl methyl sites for hydroxylation is 1. The average molecular weight is 446 g/mol. The number of piperidine rings is 2. The molecule has 0 bridgehead atoms. The third-order valence-corrected chi connectivity index (χ3v) is 7.64. The number of hydrogen-bond donors (Lipinski definition) is 2. The highest BCUT2D eigenvalue weighted by Crippen LogP contribution is 2.32. The fourth-order valence-corrected chi connectivity index (χ4v) is 5.75. The van der Waals surface area contributed by atoms with Crippen LogP contribution in [0.2, 0.25) is 0 Å². The Kier molecular flexibility index (Phi) is 6.63. The van der Waals surface area contributed by atoms with Gasteiger partial charge in [0.1, 0.15) is 6.10 Å². The Hall–Kier alpha value is -2.47. The van der Waals surface area contributed by atoms with Crippen LogP contribution in [-0.2, 0) is 0 Å². The SMILES string of the molecule is Cc1ccc([C@@H]([C@H](O)C(=O)c2c[nH]c3ccccc23)N2CCC(N3CCCCC3)CC2)cc1. The van der Waals surface area contributed by atoms with Crippen molar-refractivity contribution in [2.24, 2.45) is 0 Å². The number of benzene rings is 2. The van der Waals surface area contributed by atoms with Gasteiger partial charge in [-0.25, -0.2) is 0 Å². The van der Waals surface area contributed by atoms with Crippen molar-refractivity contribution in [2.45, 2.75) is 57.2 Å². The molecule has 174 valence electrons. The second-order valence-electron chi connectivity index (χ2n) is 9.78. The minimum atomic E-state index is -1.11. The topological polar surface area (TPSA) is 59.6 Å². The predicted molar refractivity (Wildman–Crippen MR) is 133 cm³/mol. The van der Waals surface area contributed by atoms with E-state index in [1.54, 1.807) is 6.20 Å². The molecule has 2 N–H and O–H groups in total. The Morgan fingerprint density at radius 3 is 2.39 bits per heavy atom. The lowest BCUT2D eigenvalue weighted by Gasteiger charge is -2.43. The monoisotopic (exact) mass is 445 g/mol. The van der Waals surface area contributed by atoms with E-state index in [1.807, 2.05) is 24.3 Å². The van der Waals surface area contributed by atoms with Crippen molar-refractivity contribution >= 4 is 16.7 Å². The van der Waals surface area contributed by atoms with Gasteiger partial charge in [-0.15, -0.1) is 0 Å². The predicted octanol–water partition coefficient (Wildman–Crippen LogP) is 4.71. The third kappa shape index (κ3) is 4.63. The van der Waals surface area contributed by atoms with Gasteiger partial charge in [0.25, 0.3) is 0 Å². The molecular formula is C28H35N3O2. The molecule has 1 aromatic heterocycles. The van der Waals surface area contributed by atoms with Crippen LogP contribution in [0.4, 0.5) is 0 Å².